The van der Waals surface area contributed by atoms with Crippen LogP contribution in [0.2, 0.25) is 0 Å². The Kier molecular flexibility index (Phi) is 2.17. The maximum absolute atomic E-state index is 8.90. The Morgan fingerprint density at radius 2 is 2.06 bits per heavy atom. The van der Waals surface area contributed by atoms with E-state index < -0.39 is 0 Å². The molecular weight excluding hydrogens is 226 g/mol. The summed E-state index contributed by atoms with van der Waals surface area (Å²) in [6, 6.07) is 9.57. The van der Waals surface area contributed by atoms with Crippen LogP contribution in [0.4, 0.5) is 0 Å². The molecule has 5 heteroatoms. The molecule has 88 valence electrons. The summed E-state index contributed by atoms with van der Waals surface area (Å²) in [5, 5.41) is 13.1. The Morgan fingerprint density at radius 3 is 2.72 bits per heavy atom. The number of imidazole rings is 1. The molecule has 3 aromatic rings. The van der Waals surface area contributed by atoms with Gasteiger partial charge in [-0.05, 0) is 24.3 Å². The van der Waals surface area contributed by atoms with Crippen molar-refractivity contribution in [1.82, 2.24) is 19.3 Å². The monoisotopic (exact) mass is 237 g/mol. The van der Waals surface area contributed by atoms with Gasteiger partial charge < -0.3 is 4.57 Å². The van der Waals surface area contributed by atoms with Gasteiger partial charge in [-0.15, -0.1) is 0 Å². The lowest BCUT2D eigenvalue weighted by Gasteiger charge is -2.02. The van der Waals surface area contributed by atoms with Gasteiger partial charge in [-0.3, -0.25) is 4.68 Å². The van der Waals surface area contributed by atoms with Crippen LogP contribution in [0.1, 0.15) is 5.56 Å². The molecule has 0 bridgehead atoms. The van der Waals surface area contributed by atoms with Crippen LogP contribution >= 0.6 is 0 Å². The highest BCUT2D eigenvalue weighted by Crippen LogP contribution is 2.23. The number of hydrogen-bond donors (Lipinski definition) is 0. The molecule has 0 N–H and O–H groups in total. The minimum Gasteiger partial charge on any atom is -0.326 e. The maximum atomic E-state index is 8.90. The predicted molar refractivity (Wildman–Crippen MR) is 67.6 cm³/mol. The number of nitriles is 1. The van der Waals surface area contributed by atoms with Crippen molar-refractivity contribution in [3.8, 4) is 17.6 Å². The van der Waals surface area contributed by atoms with E-state index in [4.69, 9.17) is 5.26 Å². The van der Waals surface area contributed by atoms with Gasteiger partial charge in [0.15, 0.2) is 5.82 Å². The molecule has 0 radical (unpaired) electrons. The Labute approximate surface area is 104 Å². The van der Waals surface area contributed by atoms with E-state index in [0.29, 0.717) is 5.56 Å². The Morgan fingerprint density at radius 1 is 1.22 bits per heavy atom. The Balaban J connectivity index is 2.30. The van der Waals surface area contributed by atoms with Crippen molar-refractivity contribution in [2.45, 2.75) is 0 Å². The Hall–Kier alpha value is -2.61. The predicted octanol–water partition coefficient (Wildman–Crippen LogP) is 1.85. The lowest BCUT2D eigenvalue weighted by molar-refractivity contribution is 0.764. The second-order valence-corrected chi connectivity index (χ2v) is 4.15. The lowest BCUT2D eigenvalue weighted by Crippen LogP contribution is -1.99. The van der Waals surface area contributed by atoms with Crippen molar-refractivity contribution < 1.29 is 0 Å². The topological polar surface area (TPSA) is 59.4 Å². The zero-order chi connectivity index (χ0) is 12.7. The van der Waals surface area contributed by atoms with Crippen LogP contribution in [-0.4, -0.2) is 19.3 Å². The van der Waals surface area contributed by atoms with E-state index >= 15 is 0 Å². The lowest BCUT2D eigenvalue weighted by atomic mass is 10.2. The molecule has 0 amide bonds. The van der Waals surface area contributed by atoms with Crippen LogP contribution in [0.25, 0.3) is 22.6 Å². The zero-order valence-electron chi connectivity index (χ0n) is 10.1. The van der Waals surface area contributed by atoms with E-state index in [1.807, 2.05) is 30.8 Å². The summed E-state index contributed by atoms with van der Waals surface area (Å²) in [5.74, 6) is 0.847. The van der Waals surface area contributed by atoms with Gasteiger partial charge in [0, 0.05) is 20.3 Å². The van der Waals surface area contributed by atoms with Gasteiger partial charge in [0.05, 0.1) is 22.7 Å². The summed E-state index contributed by atoms with van der Waals surface area (Å²) in [6.07, 6.45) is 1.75. The average molecular weight is 237 g/mol. The molecule has 0 saturated carbocycles. The van der Waals surface area contributed by atoms with E-state index in [-0.39, 0.29) is 0 Å². The second kappa shape index (κ2) is 3.70. The molecule has 0 aliphatic carbocycles. The average Bonchev–Trinajstić information content (AvgIpc) is 2.93. The van der Waals surface area contributed by atoms with Gasteiger partial charge in [0.2, 0.25) is 0 Å². The third-order valence-electron chi connectivity index (χ3n) is 3.06. The quantitative estimate of drug-likeness (QED) is 0.649. The molecule has 0 saturated heterocycles. The summed E-state index contributed by atoms with van der Waals surface area (Å²) in [7, 11) is 3.85. The molecule has 0 spiro atoms. The van der Waals surface area contributed by atoms with Crippen LogP contribution in [0, 0.1) is 11.3 Å². The first-order valence-corrected chi connectivity index (χ1v) is 5.55. The van der Waals surface area contributed by atoms with Crippen LogP contribution in [0.15, 0.2) is 30.5 Å². The van der Waals surface area contributed by atoms with Gasteiger partial charge in [-0.2, -0.15) is 10.4 Å². The van der Waals surface area contributed by atoms with Gasteiger partial charge in [0.1, 0.15) is 5.69 Å². The van der Waals surface area contributed by atoms with E-state index in [2.05, 4.69) is 16.2 Å². The first kappa shape index (κ1) is 10.5. The third-order valence-corrected chi connectivity index (χ3v) is 3.06. The number of benzene rings is 1. The molecule has 0 aliphatic rings. The highest BCUT2D eigenvalue weighted by atomic mass is 15.3. The van der Waals surface area contributed by atoms with Gasteiger partial charge in [-0.25, -0.2) is 4.98 Å². The van der Waals surface area contributed by atoms with Crippen molar-refractivity contribution in [2.24, 2.45) is 14.1 Å². The summed E-state index contributed by atoms with van der Waals surface area (Å²) in [4.78, 5) is 4.58. The van der Waals surface area contributed by atoms with Gasteiger partial charge in [-0.1, -0.05) is 0 Å². The van der Waals surface area contributed by atoms with Crippen molar-refractivity contribution in [3.63, 3.8) is 0 Å². The first-order chi connectivity index (χ1) is 8.70. The summed E-state index contributed by atoms with van der Waals surface area (Å²) in [5.41, 5.74) is 3.40. The van der Waals surface area contributed by atoms with E-state index in [1.165, 1.54) is 0 Å². The van der Waals surface area contributed by atoms with E-state index in [1.54, 1.807) is 23.0 Å². The minimum absolute atomic E-state index is 0.622. The van der Waals surface area contributed by atoms with Crippen LogP contribution in [0.3, 0.4) is 0 Å². The molecule has 2 heterocycles. The molecule has 5 nitrogen and oxygen atoms in total. The van der Waals surface area contributed by atoms with Crippen LogP contribution < -0.4 is 0 Å². The number of nitrogens with zero attached hydrogens (tertiary/aromatic N) is 5. The first-order valence-electron chi connectivity index (χ1n) is 5.55. The zero-order valence-corrected chi connectivity index (χ0v) is 10.1. The largest absolute Gasteiger partial charge is 0.326 e. The van der Waals surface area contributed by atoms with Crippen molar-refractivity contribution in [1.29, 1.82) is 5.26 Å². The second-order valence-electron chi connectivity index (χ2n) is 4.15. The number of hydrogen-bond acceptors (Lipinski definition) is 3. The normalized spacial score (nSPS) is 10.7. The number of fused-ring (bicyclic) bond motifs is 1. The summed E-state index contributed by atoms with van der Waals surface area (Å²) < 4.78 is 3.79. The highest BCUT2D eigenvalue weighted by Gasteiger charge is 2.12. The molecule has 2 aromatic heterocycles. The highest BCUT2D eigenvalue weighted by molar-refractivity contribution is 5.81. The molecule has 1 aromatic carbocycles. The third kappa shape index (κ3) is 1.39. The fraction of sp³-hybridized carbons (Fsp3) is 0.154. The fourth-order valence-corrected chi connectivity index (χ4v) is 2.09. The van der Waals surface area contributed by atoms with Crippen molar-refractivity contribution in [2.75, 3.05) is 0 Å². The molecule has 18 heavy (non-hydrogen) atoms. The smallest absolute Gasteiger partial charge is 0.159 e. The molecule has 0 unspecified atom stereocenters. The fourth-order valence-electron chi connectivity index (χ4n) is 2.09. The SMILES string of the molecule is Cn1nccc1-c1nc2cc(C#N)ccc2n1C. The van der Waals surface area contributed by atoms with Crippen molar-refractivity contribution >= 4 is 11.0 Å². The molecule has 0 atom stereocenters. The van der Waals surface area contributed by atoms with Crippen molar-refractivity contribution in [3.05, 3.63) is 36.0 Å². The maximum Gasteiger partial charge on any atom is 0.159 e. The van der Waals surface area contributed by atoms with E-state index in [9.17, 15) is 0 Å². The van der Waals surface area contributed by atoms with Gasteiger partial charge >= 0.3 is 0 Å². The number of aryl methyl sites for hydroxylation is 2. The number of rotatable bonds is 1. The van der Waals surface area contributed by atoms with Crippen LogP contribution in [0.5, 0.6) is 0 Å². The Bertz CT molecular complexity index is 772. The molecule has 0 aliphatic heterocycles. The number of aromatic nitrogens is 4. The summed E-state index contributed by atoms with van der Waals surface area (Å²) in [6.45, 7) is 0. The molecule has 0 fully saturated rings. The molecule has 3 rings (SSSR count). The van der Waals surface area contributed by atoms with E-state index in [0.717, 1.165) is 22.6 Å². The van der Waals surface area contributed by atoms with Crippen LogP contribution in [-0.2, 0) is 14.1 Å². The molecular formula is C13H11N5. The van der Waals surface area contributed by atoms with Gasteiger partial charge in [0.25, 0.3) is 0 Å². The minimum atomic E-state index is 0.622. The summed E-state index contributed by atoms with van der Waals surface area (Å²) >= 11 is 0. The standard InChI is InChI=1S/C13H11N5/c1-17-11-4-3-9(8-14)7-10(11)16-13(17)12-5-6-15-18(12)2/h3-7H,1-2H3.